The molecule has 0 atom stereocenters. The summed E-state index contributed by atoms with van der Waals surface area (Å²) >= 11 is 0. The molecule has 0 saturated heterocycles. The lowest BCUT2D eigenvalue weighted by Crippen LogP contribution is -2.20. The second kappa shape index (κ2) is 8.22. The monoisotopic (exact) mass is 369 g/mol. The lowest BCUT2D eigenvalue weighted by atomic mass is 10.0. The van der Waals surface area contributed by atoms with E-state index in [4.69, 9.17) is 4.74 Å². The summed E-state index contributed by atoms with van der Waals surface area (Å²) in [4.78, 5) is 16.4. The van der Waals surface area contributed by atoms with Crippen LogP contribution in [0.3, 0.4) is 0 Å². The van der Waals surface area contributed by atoms with Crippen LogP contribution in [0.5, 0.6) is 5.75 Å². The van der Waals surface area contributed by atoms with Crippen LogP contribution in [0.4, 0.5) is 5.69 Å². The minimum Gasteiger partial charge on any atom is -0.484 e. The predicted octanol–water partition coefficient (Wildman–Crippen LogP) is 4.56. The average molecular weight is 369 g/mol. The van der Waals surface area contributed by atoms with Crippen molar-refractivity contribution in [3.63, 3.8) is 0 Å². The van der Waals surface area contributed by atoms with Gasteiger partial charge in [0, 0.05) is 29.3 Å². The quantitative estimate of drug-likeness (QED) is 0.542. The molecular formula is C23H19N3O2. The summed E-state index contributed by atoms with van der Waals surface area (Å²) in [6.45, 7) is -0.0620. The third-order valence-corrected chi connectivity index (χ3v) is 4.30. The van der Waals surface area contributed by atoms with E-state index < -0.39 is 0 Å². The SMILES string of the molecule is O=C(COc1ccc(-n2ccnc2)cc1)Nc1ccccc1-c1ccccc1. The van der Waals surface area contributed by atoms with Gasteiger partial charge in [-0.3, -0.25) is 4.79 Å². The summed E-state index contributed by atoms with van der Waals surface area (Å²) in [5.74, 6) is 0.428. The maximum Gasteiger partial charge on any atom is 0.262 e. The molecule has 1 aromatic heterocycles. The van der Waals surface area contributed by atoms with Crippen LogP contribution in [0.15, 0.2) is 97.6 Å². The zero-order valence-electron chi connectivity index (χ0n) is 15.2. The van der Waals surface area contributed by atoms with Crippen LogP contribution in [0.25, 0.3) is 16.8 Å². The molecule has 0 saturated carbocycles. The first-order valence-corrected chi connectivity index (χ1v) is 8.95. The molecule has 3 aromatic carbocycles. The van der Waals surface area contributed by atoms with E-state index in [2.05, 4.69) is 10.3 Å². The van der Waals surface area contributed by atoms with E-state index in [0.717, 1.165) is 22.5 Å². The lowest BCUT2D eigenvalue weighted by molar-refractivity contribution is -0.118. The first-order valence-electron chi connectivity index (χ1n) is 8.95. The average Bonchev–Trinajstić information content (AvgIpc) is 3.29. The van der Waals surface area contributed by atoms with E-state index in [9.17, 15) is 4.79 Å². The van der Waals surface area contributed by atoms with Crippen molar-refractivity contribution >= 4 is 11.6 Å². The van der Waals surface area contributed by atoms with Gasteiger partial charge in [0.25, 0.3) is 5.91 Å². The summed E-state index contributed by atoms with van der Waals surface area (Å²) in [5.41, 5.74) is 3.76. The molecule has 0 unspecified atom stereocenters. The molecule has 5 nitrogen and oxygen atoms in total. The fourth-order valence-corrected chi connectivity index (χ4v) is 2.92. The summed E-state index contributed by atoms with van der Waals surface area (Å²) < 4.78 is 7.52. The Morgan fingerprint density at radius 2 is 1.68 bits per heavy atom. The molecule has 5 heteroatoms. The third-order valence-electron chi connectivity index (χ3n) is 4.30. The van der Waals surface area contributed by atoms with Crippen LogP contribution >= 0.6 is 0 Å². The van der Waals surface area contributed by atoms with E-state index in [1.165, 1.54) is 0 Å². The Morgan fingerprint density at radius 3 is 2.43 bits per heavy atom. The summed E-state index contributed by atoms with van der Waals surface area (Å²) in [6.07, 6.45) is 5.32. The number of para-hydroxylation sites is 1. The smallest absolute Gasteiger partial charge is 0.262 e. The van der Waals surface area contributed by atoms with Gasteiger partial charge in [0.15, 0.2) is 6.61 Å². The summed E-state index contributed by atoms with van der Waals surface area (Å²) in [5, 5.41) is 2.94. The van der Waals surface area contributed by atoms with Gasteiger partial charge < -0.3 is 14.6 Å². The van der Waals surface area contributed by atoms with Gasteiger partial charge in [-0.1, -0.05) is 48.5 Å². The van der Waals surface area contributed by atoms with Gasteiger partial charge in [-0.25, -0.2) is 4.98 Å². The molecule has 0 fully saturated rings. The molecule has 28 heavy (non-hydrogen) atoms. The number of benzene rings is 3. The number of anilines is 1. The molecule has 0 aliphatic rings. The number of nitrogens with one attached hydrogen (secondary N) is 1. The van der Waals surface area contributed by atoms with E-state index in [0.29, 0.717) is 5.75 Å². The molecule has 0 bridgehead atoms. The largest absolute Gasteiger partial charge is 0.484 e. The number of carbonyl (C=O) groups is 1. The molecule has 0 radical (unpaired) electrons. The zero-order chi connectivity index (χ0) is 19.2. The van der Waals surface area contributed by atoms with Gasteiger partial charge in [-0.05, 0) is 35.9 Å². The maximum atomic E-state index is 12.4. The van der Waals surface area contributed by atoms with Crippen molar-refractivity contribution in [2.45, 2.75) is 0 Å². The highest BCUT2D eigenvalue weighted by Crippen LogP contribution is 2.27. The highest BCUT2D eigenvalue weighted by molar-refractivity contribution is 5.96. The Labute approximate surface area is 163 Å². The van der Waals surface area contributed by atoms with Gasteiger partial charge >= 0.3 is 0 Å². The minimum absolute atomic E-state index is 0.0620. The Balaban J connectivity index is 1.39. The van der Waals surface area contributed by atoms with E-state index in [1.807, 2.05) is 89.6 Å². The van der Waals surface area contributed by atoms with Crippen molar-refractivity contribution in [1.29, 1.82) is 0 Å². The number of nitrogens with zero attached hydrogens (tertiary/aromatic N) is 2. The van der Waals surface area contributed by atoms with E-state index in [-0.39, 0.29) is 12.5 Å². The Morgan fingerprint density at radius 1 is 0.929 bits per heavy atom. The second-order valence-corrected chi connectivity index (χ2v) is 6.21. The zero-order valence-corrected chi connectivity index (χ0v) is 15.2. The second-order valence-electron chi connectivity index (χ2n) is 6.21. The molecular weight excluding hydrogens is 350 g/mol. The summed E-state index contributed by atoms with van der Waals surface area (Å²) in [6, 6.07) is 25.2. The molecule has 0 spiro atoms. The predicted molar refractivity (Wildman–Crippen MR) is 110 cm³/mol. The standard InChI is InChI=1S/C23H19N3O2/c27-23(16-28-20-12-10-19(11-13-20)26-15-14-24-17-26)25-22-9-5-4-8-21(22)18-6-2-1-3-7-18/h1-15,17H,16H2,(H,25,27). The van der Waals surface area contributed by atoms with Crippen LogP contribution in [0.2, 0.25) is 0 Å². The van der Waals surface area contributed by atoms with Gasteiger partial charge in [-0.15, -0.1) is 0 Å². The van der Waals surface area contributed by atoms with Gasteiger partial charge in [0.05, 0.1) is 6.33 Å². The molecule has 0 aliphatic heterocycles. The van der Waals surface area contributed by atoms with E-state index >= 15 is 0 Å². The highest BCUT2D eigenvalue weighted by Gasteiger charge is 2.09. The third kappa shape index (κ3) is 4.10. The first-order chi connectivity index (χ1) is 13.8. The number of hydrogen-bond acceptors (Lipinski definition) is 3. The highest BCUT2D eigenvalue weighted by atomic mass is 16.5. The van der Waals surface area contributed by atoms with Gasteiger partial charge in [0.1, 0.15) is 5.75 Å². The Kier molecular flexibility index (Phi) is 5.15. The Bertz CT molecular complexity index is 1040. The number of amides is 1. The van der Waals surface area contributed by atoms with Gasteiger partial charge in [-0.2, -0.15) is 0 Å². The molecule has 1 amide bonds. The van der Waals surface area contributed by atoms with Crippen molar-refractivity contribution < 1.29 is 9.53 Å². The van der Waals surface area contributed by atoms with Gasteiger partial charge in [0.2, 0.25) is 0 Å². The van der Waals surface area contributed by atoms with Crippen LogP contribution in [-0.2, 0) is 4.79 Å². The fourth-order valence-electron chi connectivity index (χ4n) is 2.92. The van der Waals surface area contributed by atoms with Crippen LogP contribution in [0.1, 0.15) is 0 Å². The van der Waals surface area contributed by atoms with E-state index in [1.54, 1.807) is 12.5 Å². The number of imidazole rings is 1. The van der Waals surface area contributed by atoms with Crippen LogP contribution in [-0.4, -0.2) is 22.1 Å². The van der Waals surface area contributed by atoms with Crippen molar-refractivity contribution in [2.75, 3.05) is 11.9 Å². The summed E-state index contributed by atoms with van der Waals surface area (Å²) in [7, 11) is 0. The molecule has 4 aromatic rings. The van der Waals surface area contributed by atoms with Crippen molar-refractivity contribution in [3.05, 3.63) is 97.6 Å². The normalized spacial score (nSPS) is 10.4. The van der Waals surface area contributed by atoms with Crippen molar-refractivity contribution in [2.24, 2.45) is 0 Å². The number of rotatable bonds is 6. The number of ether oxygens (including phenoxy) is 1. The molecule has 1 heterocycles. The molecule has 138 valence electrons. The van der Waals surface area contributed by atoms with Crippen molar-refractivity contribution in [3.8, 4) is 22.6 Å². The lowest BCUT2D eigenvalue weighted by Gasteiger charge is -2.12. The molecule has 1 N–H and O–H groups in total. The minimum atomic E-state index is -0.206. The first kappa shape index (κ1) is 17.5. The maximum absolute atomic E-state index is 12.4. The molecule has 4 rings (SSSR count). The number of hydrogen-bond donors (Lipinski definition) is 1. The van der Waals surface area contributed by atoms with Crippen molar-refractivity contribution in [1.82, 2.24) is 9.55 Å². The topological polar surface area (TPSA) is 56.2 Å². The molecule has 0 aliphatic carbocycles. The number of carbonyl (C=O) groups excluding carboxylic acids is 1. The van der Waals surface area contributed by atoms with Crippen LogP contribution in [0, 0.1) is 0 Å². The fraction of sp³-hybridized carbons (Fsp3) is 0.0435. The number of aromatic nitrogens is 2. The Hall–Kier alpha value is -3.86. The van der Waals surface area contributed by atoms with Crippen LogP contribution < -0.4 is 10.1 Å².